The van der Waals surface area contributed by atoms with Crippen molar-refractivity contribution in [2.24, 2.45) is 0 Å². The van der Waals surface area contributed by atoms with Crippen molar-refractivity contribution in [2.75, 3.05) is 13.2 Å². The summed E-state index contributed by atoms with van der Waals surface area (Å²) < 4.78 is 11.1. The highest BCUT2D eigenvalue weighted by Gasteiger charge is 2.32. The number of piperidine rings is 1. The van der Waals surface area contributed by atoms with Gasteiger partial charge in [-0.05, 0) is 38.3 Å². The Bertz CT molecular complexity index is 1080. The molecule has 31 heavy (non-hydrogen) atoms. The Balaban J connectivity index is 1.51. The molecule has 1 aliphatic heterocycles. The number of nitrogens with zero attached hydrogens (tertiary/aromatic N) is 4. The van der Waals surface area contributed by atoms with Crippen LogP contribution in [0, 0.1) is 17.0 Å². The smallest absolute Gasteiger partial charge is 0.273 e. The lowest BCUT2D eigenvalue weighted by molar-refractivity contribution is -0.385. The molecule has 1 amide bonds. The summed E-state index contributed by atoms with van der Waals surface area (Å²) in [7, 11) is 0. The SMILES string of the molecule is Cc1ccc(-c2noc([C@H]3CCCCN3C(=O)COc3ccccc3)n2)cc1[N+](=O)[O-]. The molecule has 0 saturated carbocycles. The van der Waals surface area contributed by atoms with Gasteiger partial charge >= 0.3 is 0 Å². The molecule has 1 aliphatic rings. The molecule has 3 aromatic rings. The van der Waals surface area contributed by atoms with Crippen molar-refractivity contribution < 1.29 is 19.0 Å². The second kappa shape index (κ2) is 8.95. The highest BCUT2D eigenvalue weighted by Crippen LogP contribution is 2.32. The van der Waals surface area contributed by atoms with E-state index in [-0.39, 0.29) is 30.1 Å². The summed E-state index contributed by atoms with van der Waals surface area (Å²) in [6.07, 6.45) is 2.52. The molecule has 4 rings (SSSR count). The van der Waals surface area contributed by atoms with Gasteiger partial charge in [0, 0.05) is 23.7 Å². The van der Waals surface area contributed by atoms with E-state index in [1.54, 1.807) is 36.1 Å². The highest BCUT2D eigenvalue weighted by atomic mass is 16.6. The third-order valence-corrected chi connectivity index (χ3v) is 5.32. The van der Waals surface area contributed by atoms with Crippen LogP contribution in [0.25, 0.3) is 11.4 Å². The van der Waals surface area contributed by atoms with Crippen molar-refractivity contribution in [3.8, 4) is 17.1 Å². The number of para-hydroxylation sites is 1. The zero-order chi connectivity index (χ0) is 21.8. The normalized spacial score (nSPS) is 16.2. The lowest BCUT2D eigenvalue weighted by Gasteiger charge is -2.33. The van der Waals surface area contributed by atoms with Gasteiger partial charge in [0.05, 0.1) is 4.92 Å². The molecule has 160 valence electrons. The summed E-state index contributed by atoms with van der Waals surface area (Å²) in [5.74, 6) is 1.06. The number of hydrogen-bond acceptors (Lipinski definition) is 7. The van der Waals surface area contributed by atoms with Gasteiger partial charge in [-0.15, -0.1) is 0 Å². The maximum absolute atomic E-state index is 12.8. The van der Waals surface area contributed by atoms with Gasteiger partial charge < -0.3 is 14.2 Å². The van der Waals surface area contributed by atoms with Crippen molar-refractivity contribution in [1.29, 1.82) is 0 Å². The van der Waals surface area contributed by atoms with E-state index >= 15 is 0 Å². The fourth-order valence-electron chi connectivity index (χ4n) is 3.66. The zero-order valence-electron chi connectivity index (χ0n) is 17.1. The quantitative estimate of drug-likeness (QED) is 0.434. The standard InChI is InChI=1S/C22H22N4O5/c1-15-10-11-16(13-19(15)26(28)29)21-23-22(31-24-21)18-9-5-6-12-25(18)20(27)14-30-17-7-3-2-4-8-17/h2-4,7-8,10-11,13,18H,5-6,9,12,14H2,1H3/t18-/m1/s1. The van der Waals surface area contributed by atoms with Crippen LogP contribution in [0.3, 0.4) is 0 Å². The van der Waals surface area contributed by atoms with Crippen molar-refractivity contribution in [3.63, 3.8) is 0 Å². The van der Waals surface area contributed by atoms with E-state index in [2.05, 4.69) is 10.1 Å². The Labute approximate surface area is 178 Å². The van der Waals surface area contributed by atoms with E-state index in [0.29, 0.717) is 35.7 Å². The molecule has 0 N–H and O–H groups in total. The first kappa shape index (κ1) is 20.5. The number of ether oxygens (including phenoxy) is 1. The van der Waals surface area contributed by atoms with Gasteiger partial charge in [0.1, 0.15) is 11.8 Å². The molecular weight excluding hydrogens is 400 g/mol. The number of hydrogen-bond donors (Lipinski definition) is 0. The van der Waals surface area contributed by atoms with Crippen LogP contribution in [0.1, 0.15) is 36.8 Å². The molecule has 1 fully saturated rings. The minimum Gasteiger partial charge on any atom is -0.484 e. The third kappa shape index (κ3) is 4.55. The van der Waals surface area contributed by atoms with Gasteiger partial charge in [-0.2, -0.15) is 4.98 Å². The first-order chi connectivity index (χ1) is 15.0. The minimum atomic E-state index is -0.436. The van der Waals surface area contributed by atoms with Gasteiger partial charge in [0.2, 0.25) is 11.7 Å². The van der Waals surface area contributed by atoms with Crippen molar-refractivity contribution >= 4 is 11.6 Å². The topological polar surface area (TPSA) is 112 Å². The maximum atomic E-state index is 12.8. The average Bonchev–Trinajstić information content (AvgIpc) is 3.28. The molecule has 2 heterocycles. The van der Waals surface area contributed by atoms with E-state index in [0.717, 1.165) is 12.8 Å². The van der Waals surface area contributed by atoms with Crippen LogP contribution in [0.15, 0.2) is 53.1 Å². The number of likely N-dealkylation sites (tertiary alicyclic amines) is 1. The van der Waals surface area contributed by atoms with Crippen LogP contribution in [0.5, 0.6) is 5.75 Å². The molecule has 2 aromatic carbocycles. The summed E-state index contributed by atoms with van der Waals surface area (Å²) in [5.41, 5.74) is 1.05. The second-order valence-electron chi connectivity index (χ2n) is 7.42. The number of aryl methyl sites for hydroxylation is 1. The van der Waals surface area contributed by atoms with Crippen LogP contribution < -0.4 is 4.74 Å². The van der Waals surface area contributed by atoms with Crippen LogP contribution in [0.4, 0.5) is 5.69 Å². The predicted molar refractivity (Wildman–Crippen MR) is 111 cm³/mol. The number of rotatable bonds is 6. The Morgan fingerprint density at radius 2 is 2.06 bits per heavy atom. The highest BCUT2D eigenvalue weighted by molar-refractivity contribution is 5.78. The molecule has 0 unspecified atom stereocenters. The molecule has 1 saturated heterocycles. The van der Waals surface area contributed by atoms with Crippen LogP contribution in [0.2, 0.25) is 0 Å². The number of benzene rings is 2. The molecule has 1 atom stereocenters. The molecule has 0 bridgehead atoms. The monoisotopic (exact) mass is 422 g/mol. The van der Waals surface area contributed by atoms with Gasteiger partial charge in [-0.1, -0.05) is 35.5 Å². The van der Waals surface area contributed by atoms with Crippen LogP contribution >= 0.6 is 0 Å². The fraction of sp³-hybridized carbons (Fsp3) is 0.318. The number of nitro benzene ring substituents is 1. The molecule has 0 aliphatic carbocycles. The number of carbonyl (C=O) groups excluding carboxylic acids is 1. The molecule has 0 radical (unpaired) electrons. The third-order valence-electron chi connectivity index (χ3n) is 5.32. The summed E-state index contributed by atoms with van der Waals surface area (Å²) in [5, 5.41) is 15.2. The van der Waals surface area contributed by atoms with E-state index in [1.807, 2.05) is 18.2 Å². The van der Waals surface area contributed by atoms with Gasteiger partial charge in [0.25, 0.3) is 11.6 Å². The lowest BCUT2D eigenvalue weighted by atomic mass is 10.0. The van der Waals surface area contributed by atoms with E-state index < -0.39 is 4.92 Å². The molecule has 0 spiro atoms. The number of amides is 1. The number of aromatic nitrogens is 2. The Morgan fingerprint density at radius 1 is 1.26 bits per heavy atom. The predicted octanol–water partition coefficient (Wildman–Crippen LogP) is 4.09. The largest absolute Gasteiger partial charge is 0.484 e. The molecule has 9 heteroatoms. The maximum Gasteiger partial charge on any atom is 0.273 e. The Morgan fingerprint density at radius 3 is 2.84 bits per heavy atom. The summed E-state index contributed by atoms with van der Waals surface area (Å²) >= 11 is 0. The Hall–Kier alpha value is -3.75. The van der Waals surface area contributed by atoms with E-state index in [9.17, 15) is 14.9 Å². The van der Waals surface area contributed by atoms with E-state index in [1.165, 1.54) is 6.07 Å². The first-order valence-corrected chi connectivity index (χ1v) is 10.1. The van der Waals surface area contributed by atoms with Crippen LogP contribution in [-0.4, -0.2) is 39.0 Å². The van der Waals surface area contributed by atoms with Gasteiger partial charge in [0.15, 0.2) is 6.61 Å². The van der Waals surface area contributed by atoms with Crippen molar-refractivity contribution in [2.45, 2.75) is 32.2 Å². The fourth-order valence-corrected chi connectivity index (χ4v) is 3.66. The average molecular weight is 422 g/mol. The Kier molecular flexibility index (Phi) is 5.92. The molecule has 1 aromatic heterocycles. The zero-order valence-corrected chi connectivity index (χ0v) is 17.1. The van der Waals surface area contributed by atoms with Crippen molar-refractivity contribution in [3.05, 3.63) is 70.1 Å². The first-order valence-electron chi connectivity index (χ1n) is 10.1. The summed E-state index contributed by atoms with van der Waals surface area (Å²) in [6, 6.07) is 13.6. The lowest BCUT2D eigenvalue weighted by Crippen LogP contribution is -2.41. The number of carbonyl (C=O) groups is 1. The van der Waals surface area contributed by atoms with Crippen LogP contribution in [-0.2, 0) is 4.79 Å². The van der Waals surface area contributed by atoms with E-state index in [4.69, 9.17) is 9.26 Å². The van der Waals surface area contributed by atoms with Crippen molar-refractivity contribution in [1.82, 2.24) is 15.0 Å². The second-order valence-corrected chi connectivity index (χ2v) is 7.42. The molecule has 9 nitrogen and oxygen atoms in total. The minimum absolute atomic E-state index is 0.00335. The number of nitro groups is 1. The molecular formula is C22H22N4O5. The summed E-state index contributed by atoms with van der Waals surface area (Å²) in [4.78, 5) is 29.8. The summed E-state index contributed by atoms with van der Waals surface area (Å²) in [6.45, 7) is 2.17. The van der Waals surface area contributed by atoms with Gasteiger partial charge in [-0.25, -0.2) is 0 Å². The van der Waals surface area contributed by atoms with Gasteiger partial charge in [-0.3, -0.25) is 14.9 Å².